The number of piperidine rings is 1. The summed E-state index contributed by atoms with van der Waals surface area (Å²) in [6, 6.07) is 18.3. The molecule has 0 N–H and O–H groups in total. The molecule has 0 aromatic heterocycles. The van der Waals surface area contributed by atoms with Crippen LogP contribution in [0.4, 0.5) is 5.69 Å². The van der Waals surface area contributed by atoms with Crippen LogP contribution in [0.25, 0.3) is 0 Å². The predicted molar refractivity (Wildman–Crippen MR) is 123 cm³/mol. The highest BCUT2D eigenvalue weighted by Crippen LogP contribution is 2.24. The lowest BCUT2D eigenvalue weighted by molar-refractivity contribution is 0.0888. The van der Waals surface area contributed by atoms with Gasteiger partial charge in [-0.15, -0.1) is 11.8 Å². The normalized spacial score (nSPS) is 21.3. The van der Waals surface area contributed by atoms with Crippen LogP contribution in [0.15, 0.2) is 53.4 Å². The lowest BCUT2D eigenvalue weighted by Gasteiger charge is -2.44. The van der Waals surface area contributed by atoms with Gasteiger partial charge in [-0.1, -0.05) is 12.1 Å². The molecule has 0 radical (unpaired) electrons. The number of methoxy groups -OCH3 is 1. The van der Waals surface area contributed by atoms with Crippen molar-refractivity contribution in [1.29, 1.82) is 0 Å². The Morgan fingerprint density at radius 1 is 0.931 bits per heavy atom. The van der Waals surface area contributed by atoms with E-state index in [9.17, 15) is 0 Å². The Hall–Kier alpha value is -1.69. The minimum atomic E-state index is 0.701. The van der Waals surface area contributed by atoms with Crippen molar-refractivity contribution in [1.82, 2.24) is 9.80 Å². The van der Waals surface area contributed by atoms with Gasteiger partial charge in [0.1, 0.15) is 5.75 Å². The zero-order chi connectivity index (χ0) is 20.1. The number of hydrogen-bond acceptors (Lipinski definition) is 5. The number of hydrogen-bond donors (Lipinski definition) is 0. The van der Waals surface area contributed by atoms with E-state index in [2.05, 4.69) is 69.5 Å². The molecule has 2 aromatic rings. The molecule has 2 saturated heterocycles. The summed E-state index contributed by atoms with van der Waals surface area (Å²) in [6.07, 6.45) is 4.79. The number of piperazine rings is 1. The first-order valence-corrected chi connectivity index (χ1v) is 12.0. The molecular weight excluding hydrogens is 378 g/mol. The molecule has 2 fully saturated rings. The fraction of sp³-hybridized carbons (Fsp3) is 0.500. The van der Waals surface area contributed by atoms with Crippen LogP contribution in [-0.4, -0.2) is 68.5 Å². The van der Waals surface area contributed by atoms with Gasteiger partial charge in [-0.2, -0.15) is 0 Å². The highest BCUT2D eigenvalue weighted by Gasteiger charge is 2.28. The lowest BCUT2D eigenvalue weighted by Crippen LogP contribution is -2.55. The maximum Gasteiger partial charge on any atom is 0.119 e. The van der Waals surface area contributed by atoms with E-state index < -0.39 is 0 Å². The van der Waals surface area contributed by atoms with Crippen molar-refractivity contribution in [3.63, 3.8) is 0 Å². The third-order valence-corrected chi connectivity index (χ3v) is 7.06. The van der Waals surface area contributed by atoms with Crippen molar-refractivity contribution < 1.29 is 4.74 Å². The van der Waals surface area contributed by atoms with Crippen LogP contribution in [0.2, 0.25) is 0 Å². The fourth-order valence-corrected chi connectivity index (χ4v) is 5.01. The van der Waals surface area contributed by atoms with E-state index >= 15 is 0 Å². The van der Waals surface area contributed by atoms with Crippen LogP contribution in [0.1, 0.15) is 18.4 Å². The van der Waals surface area contributed by atoms with Crippen molar-refractivity contribution in [3.05, 3.63) is 54.1 Å². The average Bonchev–Trinajstić information content (AvgIpc) is 2.80. The van der Waals surface area contributed by atoms with Gasteiger partial charge in [0.15, 0.2) is 0 Å². The average molecular weight is 412 g/mol. The van der Waals surface area contributed by atoms with Gasteiger partial charge in [-0.25, -0.2) is 0 Å². The van der Waals surface area contributed by atoms with Gasteiger partial charge < -0.3 is 9.64 Å². The number of ether oxygens (including phenoxy) is 1. The maximum atomic E-state index is 5.28. The molecule has 0 unspecified atom stereocenters. The molecule has 2 aromatic carbocycles. The number of rotatable bonds is 6. The van der Waals surface area contributed by atoms with Gasteiger partial charge in [0.05, 0.1) is 7.11 Å². The number of thioether (sulfide) groups is 1. The van der Waals surface area contributed by atoms with Gasteiger partial charge in [0, 0.05) is 55.9 Å². The SMILES string of the molecule is COc1ccc(N2CCN([C@H]3CCCN(Cc4ccc(SC)cc4)C3)CC2)cc1. The molecule has 2 heterocycles. The highest BCUT2D eigenvalue weighted by molar-refractivity contribution is 7.98. The quantitative estimate of drug-likeness (QED) is 0.661. The van der Waals surface area contributed by atoms with Crippen molar-refractivity contribution >= 4 is 17.4 Å². The Labute approximate surface area is 179 Å². The second kappa shape index (κ2) is 9.88. The van der Waals surface area contributed by atoms with E-state index in [1.54, 1.807) is 7.11 Å². The van der Waals surface area contributed by atoms with E-state index in [4.69, 9.17) is 4.74 Å². The summed E-state index contributed by atoms with van der Waals surface area (Å²) < 4.78 is 5.28. The Balaban J connectivity index is 1.28. The molecule has 4 nitrogen and oxygen atoms in total. The monoisotopic (exact) mass is 411 g/mol. The zero-order valence-corrected chi connectivity index (χ0v) is 18.5. The van der Waals surface area contributed by atoms with Gasteiger partial charge in [-0.3, -0.25) is 9.80 Å². The molecule has 0 spiro atoms. The predicted octanol–water partition coefficient (Wildman–Crippen LogP) is 4.20. The van der Waals surface area contributed by atoms with E-state index in [1.165, 1.54) is 42.1 Å². The number of nitrogens with zero attached hydrogens (tertiary/aromatic N) is 3. The van der Waals surface area contributed by atoms with Crippen LogP contribution in [-0.2, 0) is 6.54 Å². The fourth-order valence-electron chi connectivity index (χ4n) is 4.60. The molecule has 0 bridgehead atoms. The summed E-state index contributed by atoms with van der Waals surface area (Å²) in [6.45, 7) is 8.05. The summed E-state index contributed by atoms with van der Waals surface area (Å²) in [4.78, 5) is 9.23. The summed E-state index contributed by atoms with van der Waals surface area (Å²) in [7, 11) is 1.72. The molecule has 0 aliphatic carbocycles. The van der Waals surface area contributed by atoms with Crippen LogP contribution < -0.4 is 9.64 Å². The standard InChI is InChI=1S/C24H33N3OS/c1-28-23-9-7-21(8-10-23)26-14-16-27(17-15-26)22-4-3-13-25(19-22)18-20-5-11-24(29-2)12-6-20/h5-12,22H,3-4,13-19H2,1-2H3/t22-/m0/s1. The maximum absolute atomic E-state index is 5.28. The second-order valence-electron chi connectivity index (χ2n) is 8.10. The van der Waals surface area contributed by atoms with Gasteiger partial charge in [0.25, 0.3) is 0 Å². The minimum absolute atomic E-state index is 0.701. The van der Waals surface area contributed by atoms with Crippen LogP contribution in [0.5, 0.6) is 5.75 Å². The number of likely N-dealkylation sites (tertiary alicyclic amines) is 1. The van der Waals surface area contributed by atoms with E-state index in [0.717, 1.165) is 38.5 Å². The molecule has 0 saturated carbocycles. The highest BCUT2D eigenvalue weighted by atomic mass is 32.2. The third kappa shape index (κ3) is 5.27. The largest absolute Gasteiger partial charge is 0.497 e. The first kappa shape index (κ1) is 20.6. The van der Waals surface area contributed by atoms with E-state index in [0.29, 0.717) is 6.04 Å². The summed E-state index contributed by atoms with van der Waals surface area (Å²) in [5.41, 5.74) is 2.75. The Morgan fingerprint density at radius 3 is 2.31 bits per heavy atom. The zero-order valence-electron chi connectivity index (χ0n) is 17.7. The summed E-state index contributed by atoms with van der Waals surface area (Å²) in [5, 5.41) is 0. The van der Waals surface area contributed by atoms with Crippen LogP contribution in [0.3, 0.4) is 0 Å². The minimum Gasteiger partial charge on any atom is -0.497 e. The van der Waals surface area contributed by atoms with Crippen LogP contribution in [0, 0.1) is 0 Å². The van der Waals surface area contributed by atoms with Gasteiger partial charge in [-0.05, 0) is 67.6 Å². The van der Waals surface area contributed by atoms with Gasteiger partial charge in [0.2, 0.25) is 0 Å². The first-order valence-electron chi connectivity index (χ1n) is 10.7. The smallest absolute Gasteiger partial charge is 0.119 e. The van der Waals surface area contributed by atoms with Crippen LogP contribution >= 0.6 is 11.8 Å². The Morgan fingerprint density at radius 2 is 1.66 bits per heavy atom. The number of benzene rings is 2. The van der Waals surface area contributed by atoms with E-state index in [-0.39, 0.29) is 0 Å². The summed E-state index contributed by atoms with van der Waals surface area (Å²) >= 11 is 1.81. The molecular formula is C24H33N3OS. The molecule has 1 atom stereocenters. The van der Waals surface area contributed by atoms with Gasteiger partial charge >= 0.3 is 0 Å². The van der Waals surface area contributed by atoms with Crippen molar-refractivity contribution in [2.45, 2.75) is 30.3 Å². The number of anilines is 1. The molecule has 29 heavy (non-hydrogen) atoms. The van der Waals surface area contributed by atoms with Crippen molar-refractivity contribution in [2.24, 2.45) is 0 Å². The summed E-state index contributed by atoms with van der Waals surface area (Å²) in [5.74, 6) is 0.928. The van der Waals surface area contributed by atoms with E-state index in [1.807, 2.05) is 11.8 Å². The van der Waals surface area contributed by atoms with Crippen molar-refractivity contribution in [2.75, 3.05) is 57.5 Å². The first-order chi connectivity index (χ1) is 14.2. The molecule has 2 aliphatic heterocycles. The molecule has 4 rings (SSSR count). The second-order valence-corrected chi connectivity index (χ2v) is 8.98. The van der Waals surface area contributed by atoms with Crippen molar-refractivity contribution in [3.8, 4) is 5.75 Å². The Bertz CT molecular complexity index is 757. The third-order valence-electron chi connectivity index (χ3n) is 6.31. The molecule has 2 aliphatic rings. The lowest BCUT2D eigenvalue weighted by atomic mass is 10.0. The molecule has 0 amide bonds. The topological polar surface area (TPSA) is 19.0 Å². The molecule has 5 heteroatoms. The molecule has 156 valence electrons. The Kier molecular flexibility index (Phi) is 7.01.